The van der Waals surface area contributed by atoms with E-state index in [-0.39, 0.29) is 18.4 Å². The molecular weight excluding hydrogens is 279 g/mol. The average molecular weight is 293 g/mol. The van der Waals surface area contributed by atoms with Gasteiger partial charge in [0.05, 0.1) is 0 Å². The minimum absolute atomic E-state index is 0.282. The summed E-state index contributed by atoms with van der Waals surface area (Å²) in [5.41, 5.74) is 1.67. The van der Waals surface area contributed by atoms with Gasteiger partial charge in [0.15, 0.2) is 0 Å². The van der Waals surface area contributed by atoms with Gasteiger partial charge in [-0.15, -0.1) is 0 Å². The molecule has 2 rings (SSSR count). The van der Waals surface area contributed by atoms with Gasteiger partial charge in [-0.05, 0) is 35.4 Å². The normalized spacial score (nSPS) is 10.1. The zero-order valence-electron chi connectivity index (χ0n) is 10.7. The van der Waals surface area contributed by atoms with Gasteiger partial charge in [-0.25, -0.2) is 9.18 Å². The molecule has 0 fully saturated rings. The van der Waals surface area contributed by atoms with E-state index in [2.05, 4.69) is 10.6 Å². The molecule has 5 heteroatoms. The summed E-state index contributed by atoms with van der Waals surface area (Å²) in [7, 11) is 0. The van der Waals surface area contributed by atoms with Gasteiger partial charge in [-0.1, -0.05) is 35.9 Å². The number of halogens is 2. The Hall–Kier alpha value is -2.07. The molecule has 2 aromatic rings. The van der Waals surface area contributed by atoms with Crippen LogP contribution in [0.5, 0.6) is 0 Å². The molecular formula is C15H14ClFN2O. The number of benzene rings is 2. The zero-order chi connectivity index (χ0) is 14.4. The smallest absolute Gasteiger partial charge is 0.315 e. The quantitative estimate of drug-likeness (QED) is 0.890. The Labute approximate surface area is 121 Å². The minimum Gasteiger partial charge on any atom is -0.334 e. The monoisotopic (exact) mass is 292 g/mol. The van der Waals surface area contributed by atoms with E-state index in [9.17, 15) is 9.18 Å². The highest BCUT2D eigenvalue weighted by Crippen LogP contribution is 2.09. The van der Waals surface area contributed by atoms with E-state index in [1.807, 2.05) is 12.1 Å². The standard InChI is InChI=1S/C15H14ClFN2O/c16-13-6-4-11(5-7-13)9-18-15(20)19-10-12-2-1-3-14(17)8-12/h1-8H,9-10H2,(H2,18,19,20). The van der Waals surface area contributed by atoms with Gasteiger partial charge in [0.1, 0.15) is 5.82 Å². The van der Waals surface area contributed by atoms with Crippen LogP contribution in [0.4, 0.5) is 9.18 Å². The number of amides is 2. The summed E-state index contributed by atoms with van der Waals surface area (Å²) in [5, 5.41) is 6.04. The molecule has 0 aliphatic heterocycles. The van der Waals surface area contributed by atoms with Crippen LogP contribution in [0.25, 0.3) is 0 Å². The lowest BCUT2D eigenvalue weighted by atomic mass is 10.2. The second-order valence-corrected chi connectivity index (χ2v) is 4.73. The highest BCUT2D eigenvalue weighted by atomic mass is 35.5. The number of urea groups is 1. The molecule has 0 unspecified atom stereocenters. The van der Waals surface area contributed by atoms with Crippen LogP contribution in [-0.4, -0.2) is 6.03 Å². The Balaban J connectivity index is 1.77. The molecule has 0 heterocycles. The molecule has 0 aliphatic carbocycles. The van der Waals surface area contributed by atoms with Gasteiger partial charge in [-0.3, -0.25) is 0 Å². The van der Waals surface area contributed by atoms with E-state index in [1.165, 1.54) is 12.1 Å². The number of nitrogens with one attached hydrogen (secondary N) is 2. The molecule has 20 heavy (non-hydrogen) atoms. The SMILES string of the molecule is O=C(NCc1ccc(Cl)cc1)NCc1cccc(F)c1. The van der Waals surface area contributed by atoms with Gasteiger partial charge in [0, 0.05) is 18.1 Å². The Bertz CT molecular complexity index is 587. The van der Waals surface area contributed by atoms with E-state index in [1.54, 1.807) is 24.3 Å². The molecule has 2 N–H and O–H groups in total. The van der Waals surface area contributed by atoms with E-state index >= 15 is 0 Å². The zero-order valence-corrected chi connectivity index (χ0v) is 11.5. The summed E-state index contributed by atoms with van der Waals surface area (Å²) >= 11 is 5.77. The van der Waals surface area contributed by atoms with Crippen molar-refractivity contribution in [1.82, 2.24) is 10.6 Å². The van der Waals surface area contributed by atoms with E-state index in [0.29, 0.717) is 17.1 Å². The molecule has 0 radical (unpaired) electrons. The fourth-order valence-corrected chi connectivity index (χ4v) is 1.80. The van der Waals surface area contributed by atoms with E-state index in [0.717, 1.165) is 5.56 Å². The van der Waals surface area contributed by atoms with Crippen LogP contribution < -0.4 is 10.6 Å². The third-order valence-electron chi connectivity index (χ3n) is 2.71. The van der Waals surface area contributed by atoms with E-state index in [4.69, 9.17) is 11.6 Å². The topological polar surface area (TPSA) is 41.1 Å². The summed E-state index contributed by atoms with van der Waals surface area (Å²) in [5.74, 6) is -0.314. The van der Waals surface area contributed by atoms with E-state index < -0.39 is 0 Å². The van der Waals surface area contributed by atoms with Crippen molar-refractivity contribution in [3.8, 4) is 0 Å². The molecule has 0 atom stereocenters. The largest absolute Gasteiger partial charge is 0.334 e. The van der Waals surface area contributed by atoms with Gasteiger partial charge in [0.25, 0.3) is 0 Å². The molecule has 0 saturated carbocycles. The Morgan fingerprint density at radius 2 is 1.65 bits per heavy atom. The lowest BCUT2D eigenvalue weighted by Gasteiger charge is -2.08. The van der Waals surface area contributed by atoms with Crippen molar-refractivity contribution in [3.63, 3.8) is 0 Å². The van der Waals surface area contributed by atoms with Crippen LogP contribution in [0.15, 0.2) is 48.5 Å². The van der Waals surface area contributed by atoms with Crippen molar-refractivity contribution in [3.05, 3.63) is 70.5 Å². The predicted molar refractivity (Wildman–Crippen MR) is 76.9 cm³/mol. The molecule has 0 aliphatic rings. The highest BCUT2D eigenvalue weighted by molar-refractivity contribution is 6.30. The predicted octanol–water partition coefficient (Wildman–Crippen LogP) is 3.48. The number of carbonyl (C=O) groups excluding carboxylic acids is 1. The first-order valence-electron chi connectivity index (χ1n) is 6.14. The van der Waals surface area contributed by atoms with Crippen LogP contribution in [0.1, 0.15) is 11.1 Å². The lowest BCUT2D eigenvalue weighted by molar-refractivity contribution is 0.240. The summed E-state index contributed by atoms with van der Waals surface area (Å²) in [6.07, 6.45) is 0. The molecule has 0 aromatic heterocycles. The van der Waals surface area contributed by atoms with Crippen molar-refractivity contribution in [2.45, 2.75) is 13.1 Å². The summed E-state index contributed by atoms with van der Waals surface area (Å²) in [6.45, 7) is 0.691. The average Bonchev–Trinajstić information content (AvgIpc) is 2.45. The lowest BCUT2D eigenvalue weighted by Crippen LogP contribution is -2.34. The van der Waals surface area contributed by atoms with Gasteiger partial charge in [-0.2, -0.15) is 0 Å². The second-order valence-electron chi connectivity index (χ2n) is 4.29. The fraction of sp³-hybridized carbons (Fsp3) is 0.133. The summed E-state index contributed by atoms with van der Waals surface area (Å²) in [4.78, 5) is 11.6. The van der Waals surface area contributed by atoms with Crippen molar-refractivity contribution < 1.29 is 9.18 Å². The fourth-order valence-electron chi connectivity index (χ4n) is 1.68. The van der Waals surface area contributed by atoms with Gasteiger partial charge < -0.3 is 10.6 Å². The molecule has 0 bridgehead atoms. The van der Waals surface area contributed by atoms with Gasteiger partial charge >= 0.3 is 6.03 Å². The van der Waals surface area contributed by atoms with Crippen molar-refractivity contribution in [2.24, 2.45) is 0 Å². The summed E-state index contributed by atoms with van der Waals surface area (Å²) in [6, 6.07) is 13.0. The first-order chi connectivity index (χ1) is 9.63. The maximum atomic E-state index is 13.0. The maximum Gasteiger partial charge on any atom is 0.315 e. The highest BCUT2D eigenvalue weighted by Gasteiger charge is 2.01. The number of carbonyl (C=O) groups is 1. The first-order valence-corrected chi connectivity index (χ1v) is 6.52. The molecule has 104 valence electrons. The molecule has 0 spiro atoms. The number of rotatable bonds is 4. The first kappa shape index (κ1) is 14.3. The van der Waals surface area contributed by atoms with Crippen LogP contribution in [0, 0.1) is 5.82 Å². The minimum atomic E-state index is -0.314. The second kappa shape index (κ2) is 6.91. The Kier molecular flexibility index (Phi) is 4.96. The number of hydrogen-bond donors (Lipinski definition) is 2. The number of hydrogen-bond acceptors (Lipinski definition) is 1. The van der Waals surface area contributed by atoms with Crippen molar-refractivity contribution in [1.29, 1.82) is 0 Å². The van der Waals surface area contributed by atoms with Crippen molar-refractivity contribution >= 4 is 17.6 Å². The Morgan fingerprint density at radius 1 is 1.00 bits per heavy atom. The molecule has 0 saturated heterocycles. The third-order valence-corrected chi connectivity index (χ3v) is 2.96. The molecule has 3 nitrogen and oxygen atoms in total. The van der Waals surface area contributed by atoms with Gasteiger partial charge in [0.2, 0.25) is 0 Å². The maximum absolute atomic E-state index is 13.0. The molecule has 2 aromatic carbocycles. The van der Waals surface area contributed by atoms with Crippen molar-refractivity contribution in [2.75, 3.05) is 0 Å². The Morgan fingerprint density at radius 3 is 2.30 bits per heavy atom. The van der Waals surface area contributed by atoms with Crippen LogP contribution in [0.2, 0.25) is 5.02 Å². The molecule has 2 amide bonds. The van der Waals surface area contributed by atoms with Crippen LogP contribution in [-0.2, 0) is 13.1 Å². The van der Waals surface area contributed by atoms with Crippen LogP contribution >= 0.6 is 11.6 Å². The van der Waals surface area contributed by atoms with Crippen LogP contribution in [0.3, 0.4) is 0 Å². The third kappa shape index (κ3) is 4.55. The summed E-state index contributed by atoms with van der Waals surface area (Å²) < 4.78 is 13.0.